The molecule has 0 radical (unpaired) electrons. The monoisotopic (exact) mass is 210 g/mol. The molecule has 1 aromatic heterocycles. The summed E-state index contributed by atoms with van der Waals surface area (Å²) in [5.74, 6) is 0.706. The topological polar surface area (TPSA) is 45.5 Å². The molecule has 1 N–H and O–H groups in total. The van der Waals surface area contributed by atoms with Crippen molar-refractivity contribution in [1.82, 2.24) is 10.2 Å². The molecule has 1 amide bonds. The Balaban J connectivity index is 2.50. The van der Waals surface area contributed by atoms with Gasteiger partial charge in [-0.2, -0.15) is 0 Å². The van der Waals surface area contributed by atoms with E-state index in [0.717, 1.165) is 19.5 Å². The molecule has 0 atom stereocenters. The van der Waals surface area contributed by atoms with Crippen LogP contribution in [0, 0.1) is 6.92 Å². The van der Waals surface area contributed by atoms with E-state index < -0.39 is 0 Å². The standard InChI is InChI=1S/C11H18N2O2/c1-9-10(5-8-15-9)11(14)13(3)7-4-6-12-2/h5,8,12H,4,6-7H2,1-3H3. The molecule has 1 aromatic rings. The summed E-state index contributed by atoms with van der Waals surface area (Å²) in [5.41, 5.74) is 0.655. The Morgan fingerprint density at radius 3 is 2.87 bits per heavy atom. The fraction of sp³-hybridized carbons (Fsp3) is 0.545. The van der Waals surface area contributed by atoms with Gasteiger partial charge in [-0.15, -0.1) is 0 Å². The van der Waals surface area contributed by atoms with Crippen molar-refractivity contribution in [3.8, 4) is 0 Å². The number of nitrogens with zero attached hydrogens (tertiary/aromatic N) is 1. The van der Waals surface area contributed by atoms with Gasteiger partial charge in [0, 0.05) is 13.6 Å². The highest BCUT2D eigenvalue weighted by Gasteiger charge is 2.15. The first-order valence-electron chi connectivity index (χ1n) is 5.11. The van der Waals surface area contributed by atoms with Gasteiger partial charge in [0.15, 0.2) is 0 Å². The average Bonchev–Trinajstić information content (AvgIpc) is 2.63. The highest BCUT2D eigenvalue weighted by Crippen LogP contribution is 2.11. The molecule has 1 rings (SSSR count). The van der Waals surface area contributed by atoms with E-state index in [1.54, 1.807) is 24.2 Å². The zero-order valence-corrected chi connectivity index (χ0v) is 9.54. The van der Waals surface area contributed by atoms with E-state index in [1.165, 1.54) is 0 Å². The summed E-state index contributed by atoms with van der Waals surface area (Å²) in [4.78, 5) is 13.6. The summed E-state index contributed by atoms with van der Waals surface area (Å²) in [5, 5.41) is 3.05. The maximum Gasteiger partial charge on any atom is 0.257 e. The minimum atomic E-state index is 0.0253. The van der Waals surface area contributed by atoms with Gasteiger partial charge in [-0.1, -0.05) is 0 Å². The normalized spacial score (nSPS) is 10.3. The lowest BCUT2D eigenvalue weighted by Gasteiger charge is -2.16. The molecule has 4 heteroatoms. The first kappa shape index (κ1) is 11.8. The van der Waals surface area contributed by atoms with E-state index in [0.29, 0.717) is 11.3 Å². The van der Waals surface area contributed by atoms with Crippen LogP contribution >= 0.6 is 0 Å². The van der Waals surface area contributed by atoms with Gasteiger partial charge in [-0.25, -0.2) is 0 Å². The summed E-state index contributed by atoms with van der Waals surface area (Å²) in [7, 11) is 3.71. The number of amides is 1. The van der Waals surface area contributed by atoms with Gasteiger partial charge >= 0.3 is 0 Å². The minimum Gasteiger partial charge on any atom is -0.469 e. The Morgan fingerprint density at radius 2 is 2.33 bits per heavy atom. The van der Waals surface area contributed by atoms with Gasteiger partial charge < -0.3 is 14.6 Å². The lowest BCUT2D eigenvalue weighted by atomic mass is 10.2. The smallest absolute Gasteiger partial charge is 0.257 e. The Bertz CT molecular complexity index is 320. The van der Waals surface area contributed by atoms with Gasteiger partial charge in [-0.05, 0) is 33.0 Å². The molecule has 15 heavy (non-hydrogen) atoms. The van der Waals surface area contributed by atoms with Crippen LogP contribution in [0.15, 0.2) is 16.7 Å². The van der Waals surface area contributed by atoms with Crippen LogP contribution in [0.4, 0.5) is 0 Å². The van der Waals surface area contributed by atoms with E-state index >= 15 is 0 Å². The van der Waals surface area contributed by atoms with Gasteiger partial charge in [0.1, 0.15) is 5.76 Å². The lowest BCUT2D eigenvalue weighted by molar-refractivity contribution is 0.0792. The molecular weight excluding hydrogens is 192 g/mol. The van der Waals surface area contributed by atoms with Crippen molar-refractivity contribution in [2.45, 2.75) is 13.3 Å². The van der Waals surface area contributed by atoms with E-state index in [-0.39, 0.29) is 5.91 Å². The van der Waals surface area contributed by atoms with Crippen LogP contribution in [0.2, 0.25) is 0 Å². The van der Waals surface area contributed by atoms with Crippen molar-refractivity contribution in [2.24, 2.45) is 0 Å². The van der Waals surface area contributed by atoms with Gasteiger partial charge in [0.05, 0.1) is 11.8 Å². The van der Waals surface area contributed by atoms with E-state index in [2.05, 4.69) is 5.32 Å². The van der Waals surface area contributed by atoms with E-state index in [1.807, 2.05) is 14.1 Å². The molecule has 0 aromatic carbocycles. The Morgan fingerprint density at radius 1 is 1.60 bits per heavy atom. The van der Waals surface area contributed by atoms with Crippen molar-refractivity contribution in [3.63, 3.8) is 0 Å². The molecule has 0 saturated carbocycles. The van der Waals surface area contributed by atoms with E-state index in [4.69, 9.17) is 4.42 Å². The van der Waals surface area contributed by atoms with Crippen LogP contribution in [0.5, 0.6) is 0 Å². The number of aryl methyl sites for hydroxylation is 1. The summed E-state index contributed by atoms with van der Waals surface area (Å²) < 4.78 is 5.10. The van der Waals surface area contributed by atoms with Crippen LogP contribution in [-0.4, -0.2) is 38.0 Å². The number of nitrogens with one attached hydrogen (secondary N) is 1. The third-order valence-electron chi connectivity index (χ3n) is 2.36. The predicted molar refractivity (Wildman–Crippen MR) is 58.9 cm³/mol. The van der Waals surface area contributed by atoms with Crippen molar-refractivity contribution in [1.29, 1.82) is 0 Å². The third kappa shape index (κ3) is 3.09. The number of carbonyl (C=O) groups excluding carboxylic acids is 1. The Kier molecular flexibility index (Phi) is 4.37. The molecule has 4 nitrogen and oxygen atoms in total. The highest BCUT2D eigenvalue weighted by atomic mass is 16.3. The first-order valence-corrected chi connectivity index (χ1v) is 5.11. The average molecular weight is 210 g/mol. The predicted octanol–water partition coefficient (Wildman–Crippen LogP) is 1.27. The number of furan rings is 1. The van der Waals surface area contributed by atoms with Crippen LogP contribution in [0.25, 0.3) is 0 Å². The third-order valence-corrected chi connectivity index (χ3v) is 2.36. The fourth-order valence-corrected chi connectivity index (χ4v) is 1.41. The maximum absolute atomic E-state index is 11.9. The minimum absolute atomic E-state index is 0.0253. The molecule has 0 aliphatic heterocycles. The highest BCUT2D eigenvalue weighted by molar-refractivity contribution is 5.94. The molecule has 0 bridgehead atoms. The summed E-state index contributed by atoms with van der Waals surface area (Å²) in [6.45, 7) is 3.47. The van der Waals surface area contributed by atoms with Gasteiger partial charge in [-0.3, -0.25) is 4.79 Å². The summed E-state index contributed by atoms with van der Waals surface area (Å²) >= 11 is 0. The van der Waals surface area contributed by atoms with Crippen molar-refractivity contribution >= 4 is 5.91 Å². The first-order chi connectivity index (χ1) is 7.16. The van der Waals surface area contributed by atoms with Crippen LogP contribution in [-0.2, 0) is 0 Å². The second kappa shape index (κ2) is 5.56. The Hall–Kier alpha value is -1.29. The SMILES string of the molecule is CNCCCN(C)C(=O)c1ccoc1C. The molecule has 0 aliphatic carbocycles. The van der Waals surface area contributed by atoms with Gasteiger partial charge in [0.25, 0.3) is 5.91 Å². The lowest BCUT2D eigenvalue weighted by Crippen LogP contribution is -2.29. The number of carbonyl (C=O) groups is 1. The number of hydrogen-bond acceptors (Lipinski definition) is 3. The molecule has 0 spiro atoms. The molecule has 0 aliphatic rings. The van der Waals surface area contributed by atoms with Crippen LogP contribution in [0.1, 0.15) is 22.5 Å². The fourth-order valence-electron chi connectivity index (χ4n) is 1.41. The Labute approximate surface area is 90.3 Å². The van der Waals surface area contributed by atoms with Crippen LogP contribution in [0.3, 0.4) is 0 Å². The zero-order chi connectivity index (χ0) is 11.3. The maximum atomic E-state index is 11.9. The second-order valence-corrected chi connectivity index (χ2v) is 3.57. The number of hydrogen-bond donors (Lipinski definition) is 1. The molecule has 0 fully saturated rings. The summed E-state index contributed by atoms with van der Waals surface area (Å²) in [6.07, 6.45) is 2.50. The van der Waals surface area contributed by atoms with Crippen molar-refractivity contribution < 1.29 is 9.21 Å². The molecule has 84 valence electrons. The quantitative estimate of drug-likeness (QED) is 0.744. The van der Waals surface area contributed by atoms with Crippen molar-refractivity contribution in [2.75, 3.05) is 27.2 Å². The zero-order valence-electron chi connectivity index (χ0n) is 9.54. The number of rotatable bonds is 5. The van der Waals surface area contributed by atoms with Gasteiger partial charge in [0.2, 0.25) is 0 Å². The van der Waals surface area contributed by atoms with E-state index in [9.17, 15) is 4.79 Å². The molecule has 1 heterocycles. The second-order valence-electron chi connectivity index (χ2n) is 3.57. The molecular formula is C11H18N2O2. The van der Waals surface area contributed by atoms with Crippen LogP contribution < -0.4 is 5.32 Å². The largest absolute Gasteiger partial charge is 0.469 e. The summed E-state index contributed by atoms with van der Waals surface area (Å²) in [6, 6.07) is 1.71. The molecule has 0 saturated heterocycles. The van der Waals surface area contributed by atoms with Crippen molar-refractivity contribution in [3.05, 3.63) is 23.7 Å². The molecule has 0 unspecified atom stereocenters.